The van der Waals surface area contributed by atoms with Crippen LogP contribution in [0.4, 0.5) is 5.82 Å². The number of hydrogen-bond acceptors (Lipinski definition) is 6. The van der Waals surface area contributed by atoms with Crippen molar-refractivity contribution in [3.8, 4) is 6.07 Å². The van der Waals surface area contributed by atoms with Crippen LogP contribution in [0.5, 0.6) is 0 Å². The zero-order valence-electron chi connectivity index (χ0n) is 14.9. The minimum atomic E-state index is -1.11. The molecule has 1 saturated heterocycles. The number of anilines is 1. The number of nitriles is 1. The van der Waals surface area contributed by atoms with E-state index >= 15 is 0 Å². The van der Waals surface area contributed by atoms with Crippen LogP contribution in [0.3, 0.4) is 0 Å². The standard InChI is InChI=1S/C20H22N4O2/c1-3-11-26-20(25)15(12-21)18-19(24-10-6-7-14(2)13-24)23-17-9-5-4-8-16(17)22-18/h3-5,8-9,14-15H,1,6-7,10-11,13H2,2H3. The second-order valence-corrected chi connectivity index (χ2v) is 6.60. The number of nitrogens with zero attached hydrogens (tertiary/aromatic N) is 4. The molecule has 0 aliphatic carbocycles. The Morgan fingerprint density at radius 3 is 2.85 bits per heavy atom. The van der Waals surface area contributed by atoms with Crippen LogP contribution in [0.25, 0.3) is 11.0 Å². The Hall–Kier alpha value is -2.94. The van der Waals surface area contributed by atoms with Gasteiger partial charge >= 0.3 is 5.97 Å². The Labute approximate surface area is 153 Å². The molecule has 0 bridgehead atoms. The van der Waals surface area contributed by atoms with Crippen LogP contribution >= 0.6 is 0 Å². The summed E-state index contributed by atoms with van der Waals surface area (Å²) in [5, 5.41) is 9.63. The highest BCUT2D eigenvalue weighted by Crippen LogP contribution is 2.30. The van der Waals surface area contributed by atoms with Crippen LogP contribution < -0.4 is 4.90 Å². The quantitative estimate of drug-likeness (QED) is 0.608. The number of carbonyl (C=O) groups excluding carboxylic acids is 1. The summed E-state index contributed by atoms with van der Waals surface area (Å²) in [5.74, 6) is -0.599. The normalized spacial score (nSPS) is 18.2. The average molecular weight is 350 g/mol. The summed E-state index contributed by atoms with van der Waals surface area (Å²) in [7, 11) is 0. The molecule has 0 radical (unpaired) electrons. The van der Waals surface area contributed by atoms with Gasteiger partial charge < -0.3 is 9.64 Å². The van der Waals surface area contributed by atoms with Crippen molar-refractivity contribution in [3.63, 3.8) is 0 Å². The maximum absolute atomic E-state index is 12.4. The Balaban J connectivity index is 2.08. The largest absolute Gasteiger partial charge is 0.460 e. The molecule has 1 aromatic heterocycles. The van der Waals surface area contributed by atoms with Gasteiger partial charge in [0.05, 0.1) is 17.1 Å². The van der Waals surface area contributed by atoms with Crippen LogP contribution in [0.2, 0.25) is 0 Å². The van der Waals surface area contributed by atoms with E-state index in [1.54, 1.807) is 0 Å². The molecule has 3 rings (SSSR count). The van der Waals surface area contributed by atoms with E-state index < -0.39 is 11.9 Å². The van der Waals surface area contributed by atoms with Gasteiger partial charge in [0.2, 0.25) is 0 Å². The Bertz CT molecular complexity index is 859. The lowest BCUT2D eigenvalue weighted by Crippen LogP contribution is -2.36. The van der Waals surface area contributed by atoms with Gasteiger partial charge in [-0.3, -0.25) is 4.79 Å². The molecule has 2 atom stereocenters. The molecule has 0 spiro atoms. The van der Waals surface area contributed by atoms with E-state index in [9.17, 15) is 10.1 Å². The van der Waals surface area contributed by atoms with E-state index in [1.807, 2.05) is 30.3 Å². The number of benzene rings is 1. The van der Waals surface area contributed by atoms with Crippen molar-refractivity contribution >= 4 is 22.8 Å². The highest BCUT2D eigenvalue weighted by Gasteiger charge is 2.31. The molecule has 6 heteroatoms. The lowest BCUT2D eigenvalue weighted by atomic mass is 9.99. The molecule has 0 amide bonds. The van der Waals surface area contributed by atoms with Crippen LogP contribution in [-0.4, -0.2) is 35.6 Å². The summed E-state index contributed by atoms with van der Waals surface area (Å²) in [6, 6.07) is 9.53. The second kappa shape index (κ2) is 7.96. The molecular formula is C20H22N4O2. The average Bonchev–Trinajstić information content (AvgIpc) is 2.66. The van der Waals surface area contributed by atoms with E-state index in [4.69, 9.17) is 9.72 Å². The van der Waals surface area contributed by atoms with Crippen LogP contribution in [0, 0.1) is 17.2 Å². The fourth-order valence-electron chi connectivity index (χ4n) is 3.26. The molecule has 0 saturated carbocycles. The van der Waals surface area contributed by atoms with Gasteiger partial charge in [0.1, 0.15) is 12.3 Å². The van der Waals surface area contributed by atoms with Crippen molar-refractivity contribution in [3.05, 3.63) is 42.6 Å². The fraction of sp³-hybridized carbons (Fsp3) is 0.400. The number of fused-ring (bicyclic) bond motifs is 1. The Morgan fingerprint density at radius 2 is 2.19 bits per heavy atom. The third-order valence-corrected chi connectivity index (χ3v) is 4.52. The summed E-state index contributed by atoms with van der Waals surface area (Å²) in [5.41, 5.74) is 1.78. The lowest BCUT2D eigenvalue weighted by molar-refractivity contribution is -0.142. The molecule has 134 valence electrons. The predicted molar refractivity (Wildman–Crippen MR) is 99.7 cm³/mol. The zero-order chi connectivity index (χ0) is 18.5. The number of ether oxygens (including phenoxy) is 1. The molecule has 6 nitrogen and oxygen atoms in total. The first-order valence-electron chi connectivity index (χ1n) is 8.82. The first-order valence-corrected chi connectivity index (χ1v) is 8.82. The third kappa shape index (κ3) is 3.67. The molecule has 0 N–H and O–H groups in total. The molecule has 1 aliphatic heterocycles. The van der Waals surface area contributed by atoms with Gasteiger partial charge in [-0.05, 0) is 30.9 Å². The molecule has 2 unspecified atom stereocenters. The lowest BCUT2D eigenvalue weighted by Gasteiger charge is -2.33. The molecular weight excluding hydrogens is 328 g/mol. The number of carbonyl (C=O) groups is 1. The molecule has 1 aromatic carbocycles. The van der Waals surface area contributed by atoms with Crippen molar-refractivity contribution in [2.45, 2.75) is 25.7 Å². The molecule has 2 heterocycles. The summed E-state index contributed by atoms with van der Waals surface area (Å²) in [4.78, 5) is 23.9. The van der Waals surface area contributed by atoms with Gasteiger partial charge in [-0.25, -0.2) is 9.97 Å². The van der Waals surface area contributed by atoms with Crippen molar-refractivity contribution in [1.82, 2.24) is 9.97 Å². The predicted octanol–water partition coefficient (Wildman–Crippen LogP) is 3.20. The monoisotopic (exact) mass is 350 g/mol. The topological polar surface area (TPSA) is 79.1 Å². The highest BCUT2D eigenvalue weighted by molar-refractivity contribution is 5.85. The number of esters is 1. The van der Waals surface area contributed by atoms with Gasteiger partial charge in [-0.1, -0.05) is 31.7 Å². The number of piperidine rings is 1. The van der Waals surface area contributed by atoms with Gasteiger partial charge in [0.25, 0.3) is 0 Å². The maximum atomic E-state index is 12.4. The van der Waals surface area contributed by atoms with Gasteiger partial charge in [-0.15, -0.1) is 0 Å². The number of para-hydroxylation sites is 2. The fourth-order valence-corrected chi connectivity index (χ4v) is 3.26. The summed E-state index contributed by atoms with van der Waals surface area (Å²) < 4.78 is 5.11. The SMILES string of the molecule is C=CCOC(=O)C(C#N)c1nc2ccccc2nc1N1CCCC(C)C1. The van der Waals surface area contributed by atoms with Crippen molar-refractivity contribution in [2.75, 3.05) is 24.6 Å². The van der Waals surface area contributed by atoms with Crippen molar-refractivity contribution < 1.29 is 9.53 Å². The van der Waals surface area contributed by atoms with E-state index in [2.05, 4.69) is 23.4 Å². The molecule has 1 aliphatic rings. The van der Waals surface area contributed by atoms with E-state index in [0.29, 0.717) is 22.9 Å². The van der Waals surface area contributed by atoms with Crippen LogP contribution in [0.15, 0.2) is 36.9 Å². The maximum Gasteiger partial charge on any atom is 0.330 e. The second-order valence-electron chi connectivity index (χ2n) is 6.60. The summed E-state index contributed by atoms with van der Waals surface area (Å²) >= 11 is 0. The number of rotatable bonds is 5. The van der Waals surface area contributed by atoms with Crippen LogP contribution in [-0.2, 0) is 9.53 Å². The smallest absolute Gasteiger partial charge is 0.330 e. The number of hydrogen-bond donors (Lipinski definition) is 0. The van der Waals surface area contributed by atoms with E-state index in [-0.39, 0.29) is 6.61 Å². The van der Waals surface area contributed by atoms with Gasteiger partial charge in [0, 0.05) is 13.1 Å². The summed E-state index contributed by atoms with van der Waals surface area (Å²) in [6.07, 6.45) is 3.69. The minimum Gasteiger partial charge on any atom is -0.460 e. The van der Waals surface area contributed by atoms with E-state index in [0.717, 1.165) is 31.4 Å². The molecule has 1 fully saturated rings. The Kier molecular flexibility index (Phi) is 5.47. The molecule has 2 aromatic rings. The van der Waals surface area contributed by atoms with Gasteiger partial charge in [-0.2, -0.15) is 5.26 Å². The zero-order valence-corrected chi connectivity index (χ0v) is 14.9. The van der Waals surface area contributed by atoms with E-state index in [1.165, 1.54) is 6.08 Å². The first-order chi connectivity index (χ1) is 12.6. The minimum absolute atomic E-state index is 0.0636. The van der Waals surface area contributed by atoms with Gasteiger partial charge in [0.15, 0.2) is 11.7 Å². The molecule has 26 heavy (non-hydrogen) atoms. The van der Waals surface area contributed by atoms with Crippen LogP contribution in [0.1, 0.15) is 31.4 Å². The van der Waals surface area contributed by atoms with Crippen molar-refractivity contribution in [2.24, 2.45) is 5.92 Å². The third-order valence-electron chi connectivity index (χ3n) is 4.52. The summed E-state index contributed by atoms with van der Waals surface area (Å²) in [6.45, 7) is 7.46. The van der Waals surface area contributed by atoms with Crippen molar-refractivity contribution in [1.29, 1.82) is 5.26 Å². The highest BCUT2D eigenvalue weighted by atomic mass is 16.5. The first kappa shape index (κ1) is 17.9. The number of aromatic nitrogens is 2. The Morgan fingerprint density at radius 1 is 1.46 bits per heavy atom.